The number of hydrogen-bond acceptors (Lipinski definition) is 37. The molecular weight excluding hydrogens is 1640 g/mol. The minimum Gasteiger partial charge on any atom is -0.382 e. The zero-order valence-corrected chi connectivity index (χ0v) is 74.7. The Morgan fingerprint density at radius 1 is 0.220 bits per heavy atom. The van der Waals surface area contributed by atoms with Crippen molar-refractivity contribution in [3.05, 3.63) is 0 Å². The summed E-state index contributed by atoms with van der Waals surface area (Å²) < 4.78 is 144. The van der Waals surface area contributed by atoms with Crippen molar-refractivity contribution < 1.29 is 171 Å². The molecule has 8 amide bonds. The molecule has 0 aliphatic heterocycles. The smallest absolute Gasteiger partial charge is 0.246 e. The van der Waals surface area contributed by atoms with E-state index in [1.165, 1.54) is 0 Å². The summed E-state index contributed by atoms with van der Waals surface area (Å²) in [5.74, 6) is 3.52. The first kappa shape index (κ1) is 122. The van der Waals surface area contributed by atoms with Crippen LogP contribution in [-0.2, 0) is 171 Å². The van der Waals surface area contributed by atoms with Crippen LogP contribution < -0.4 is 48.4 Å². The fraction of sp³-hybridized carbons (Fsp3) is 0.897. The van der Waals surface area contributed by atoms with E-state index in [1.54, 1.807) is 56.5 Å². The number of carbonyl (C=O) groups excluding carboxylic acids is 8. The van der Waals surface area contributed by atoms with Crippen molar-refractivity contribution in [1.29, 1.82) is 0 Å². The van der Waals surface area contributed by atoms with Gasteiger partial charge in [0.05, 0.1) is 271 Å². The quantitative estimate of drug-likeness (QED) is 0.0208. The average Bonchev–Trinajstić information content (AvgIpc) is 0.975. The van der Waals surface area contributed by atoms with Gasteiger partial charge >= 0.3 is 0 Å². The van der Waals surface area contributed by atoms with Crippen LogP contribution in [0.5, 0.6) is 0 Å². The molecule has 0 radical (unpaired) electrons. The minimum absolute atomic E-state index is 0.0228. The van der Waals surface area contributed by atoms with Gasteiger partial charge in [0.15, 0.2) is 0 Å². The van der Waals surface area contributed by atoms with E-state index in [4.69, 9.17) is 134 Å². The summed E-state index contributed by atoms with van der Waals surface area (Å²) in [5.41, 5.74) is 0. The molecule has 0 aromatic rings. The van der Waals surface area contributed by atoms with E-state index in [9.17, 15) is 38.4 Å². The molecule has 0 fully saturated rings. The van der Waals surface area contributed by atoms with E-state index >= 15 is 0 Å². The second-order valence-corrected chi connectivity index (χ2v) is 25.2. The summed E-state index contributed by atoms with van der Waals surface area (Å²) in [7, 11) is 9.60. The van der Waals surface area contributed by atoms with Crippen molar-refractivity contribution in [2.24, 2.45) is 5.90 Å². The topological polar surface area (TPSA) is 517 Å². The summed E-state index contributed by atoms with van der Waals surface area (Å²) >= 11 is 0. The van der Waals surface area contributed by atoms with Crippen LogP contribution in [0.1, 0.15) is 46.0 Å². The SMILES string of the molecule is CCC(=O)NCCOCCOCC(COCCOCCNC(=O)CC)OCC(=O)NCCC(=O)NCCCCON.COCCOCCOCC(=O)NCCOCCOCC(COCCOCCNC(=O)COCCOCCOC)OC.COCCOCCOCC(=O)NCCOCCOCC(COCCOCCNC(=O)COCCOCCOC)OC. The van der Waals surface area contributed by atoms with Crippen LogP contribution in [0, 0.1) is 0 Å². The van der Waals surface area contributed by atoms with Gasteiger partial charge in [-0.15, -0.1) is 0 Å². The van der Waals surface area contributed by atoms with E-state index < -0.39 is 6.10 Å². The molecule has 0 aromatic heterocycles. The zero-order valence-electron chi connectivity index (χ0n) is 74.7. The Morgan fingerprint density at radius 2 is 0.439 bits per heavy atom. The van der Waals surface area contributed by atoms with Crippen LogP contribution >= 0.6 is 0 Å². The molecule has 0 aliphatic carbocycles. The van der Waals surface area contributed by atoms with Crippen molar-refractivity contribution in [2.75, 3.05) is 399 Å². The molecule has 0 saturated heterocycles. The fourth-order valence-corrected chi connectivity index (χ4v) is 8.45. The van der Waals surface area contributed by atoms with Crippen LogP contribution in [0.2, 0.25) is 0 Å². The number of ether oxygens (including phenoxy) is 27. The first-order chi connectivity index (χ1) is 60.2. The van der Waals surface area contributed by atoms with Crippen LogP contribution in [-0.4, -0.2) is 465 Å². The van der Waals surface area contributed by atoms with Crippen molar-refractivity contribution >= 4 is 47.3 Å². The molecule has 10 N–H and O–H groups in total. The number of unbranched alkanes of at least 4 members (excludes halogenated alkanes) is 1. The third kappa shape index (κ3) is 102. The van der Waals surface area contributed by atoms with Gasteiger partial charge in [-0.3, -0.25) is 38.4 Å². The molecule has 0 heterocycles. The lowest BCUT2D eigenvalue weighted by Gasteiger charge is -2.18. The number of carbonyl (C=O) groups is 8. The van der Waals surface area contributed by atoms with Crippen LogP contribution in [0.3, 0.4) is 0 Å². The van der Waals surface area contributed by atoms with Gasteiger partial charge in [-0.1, -0.05) is 13.8 Å². The van der Waals surface area contributed by atoms with Crippen molar-refractivity contribution in [2.45, 2.75) is 64.3 Å². The molecule has 45 nitrogen and oxygen atoms in total. The molecule has 45 heteroatoms. The summed E-state index contributed by atoms with van der Waals surface area (Å²) in [4.78, 5) is 97.5. The highest BCUT2D eigenvalue weighted by atomic mass is 16.6. The Bertz CT molecular complexity index is 2100. The lowest BCUT2D eigenvalue weighted by molar-refractivity contribution is -0.132. The number of methoxy groups -OCH3 is 6. The van der Waals surface area contributed by atoms with Crippen LogP contribution in [0.25, 0.3) is 0 Å². The normalized spacial score (nSPS) is 11.2. The molecule has 0 unspecified atom stereocenters. The summed E-state index contributed by atoms with van der Waals surface area (Å²) in [5, 5.41) is 21.7. The third-order valence-electron chi connectivity index (χ3n) is 15.1. The van der Waals surface area contributed by atoms with Gasteiger partial charge in [-0.25, -0.2) is 5.90 Å². The maximum absolute atomic E-state index is 12.2. The highest BCUT2D eigenvalue weighted by molar-refractivity contribution is 5.80. The molecule has 728 valence electrons. The summed E-state index contributed by atoms with van der Waals surface area (Å²) in [6.45, 7) is 22.3. The molecule has 0 bridgehead atoms. The number of hydrogen-bond donors (Lipinski definition) is 9. The van der Waals surface area contributed by atoms with E-state index in [0.717, 1.165) is 12.8 Å². The highest BCUT2D eigenvalue weighted by Gasteiger charge is 2.16. The molecule has 0 aliphatic rings. The van der Waals surface area contributed by atoms with Crippen LogP contribution in [0.15, 0.2) is 0 Å². The number of rotatable bonds is 95. The lowest BCUT2D eigenvalue weighted by atomic mass is 10.3. The standard InChI is InChI=1S/C26H51N5O10.2C26H52N2O13/c1-3-23(32)30-10-13-36-15-17-38-19-22(20-39-18-16-37-14-11-31-24(33)4-2)40-21-26(35)29-9-7-25(34)28-8-5-6-12-41-27;2*1-31-8-10-36-14-18-40-22-25(29)27-4-6-34-12-16-38-20-24(33-3)21-39-17-13-35-7-5-28-26(30)23-41-19-15-37-11-9-32-2/h22H,3-21,27H2,1-2H3,(H,28,34)(H,29,35)(H,30,32)(H,31,33);2*24H,4-23H2,1-3H3,(H,27,29)(H,28,30). The van der Waals surface area contributed by atoms with Crippen molar-refractivity contribution in [3.8, 4) is 0 Å². The van der Waals surface area contributed by atoms with Gasteiger partial charge < -0.3 is 175 Å². The van der Waals surface area contributed by atoms with E-state index in [1.807, 2.05) is 0 Å². The number of amides is 8. The average molecular weight is 1800 g/mol. The van der Waals surface area contributed by atoms with Gasteiger partial charge in [0.25, 0.3) is 0 Å². The third-order valence-corrected chi connectivity index (χ3v) is 15.1. The Hall–Kier alpha value is -5.40. The monoisotopic (exact) mass is 1790 g/mol. The van der Waals surface area contributed by atoms with Gasteiger partial charge in [-0.05, 0) is 12.8 Å². The second kappa shape index (κ2) is 104. The highest BCUT2D eigenvalue weighted by Crippen LogP contribution is 2.00. The minimum atomic E-state index is -0.519. The molecular formula is C78H155N9O36. The Morgan fingerprint density at radius 3 is 0.699 bits per heavy atom. The molecule has 0 aromatic carbocycles. The molecule has 0 spiro atoms. The van der Waals surface area contributed by atoms with Crippen LogP contribution in [0.4, 0.5) is 0 Å². The zero-order chi connectivity index (χ0) is 90.5. The predicted octanol–water partition coefficient (Wildman–Crippen LogP) is -3.90. The summed E-state index contributed by atoms with van der Waals surface area (Å²) in [6.07, 6.45) is 1.55. The van der Waals surface area contributed by atoms with Gasteiger partial charge in [-0.2, -0.15) is 0 Å². The van der Waals surface area contributed by atoms with Crippen molar-refractivity contribution in [3.63, 3.8) is 0 Å². The molecule has 0 saturated carbocycles. The summed E-state index contributed by atoms with van der Waals surface area (Å²) in [6, 6.07) is 0. The molecule has 123 heavy (non-hydrogen) atoms. The van der Waals surface area contributed by atoms with Gasteiger partial charge in [0.1, 0.15) is 51.3 Å². The molecule has 0 atom stereocenters. The Kier molecular flexibility index (Phi) is 103. The van der Waals surface area contributed by atoms with E-state index in [2.05, 4.69) is 47.4 Å². The van der Waals surface area contributed by atoms with Crippen molar-refractivity contribution in [1.82, 2.24) is 42.5 Å². The second-order valence-electron chi connectivity index (χ2n) is 25.2. The largest absolute Gasteiger partial charge is 0.382 e. The van der Waals surface area contributed by atoms with Gasteiger partial charge in [0.2, 0.25) is 47.3 Å². The Labute approximate surface area is 727 Å². The van der Waals surface area contributed by atoms with E-state index in [-0.39, 0.29) is 119 Å². The molecule has 0 rings (SSSR count). The Balaban J connectivity index is -0.00000176. The lowest BCUT2D eigenvalue weighted by Crippen LogP contribution is -2.36. The first-order valence-electron chi connectivity index (χ1n) is 41.8. The fourth-order valence-electron chi connectivity index (χ4n) is 8.45. The van der Waals surface area contributed by atoms with Gasteiger partial charge in [0, 0.05) is 114 Å². The van der Waals surface area contributed by atoms with E-state index in [0.29, 0.717) is 316 Å². The maximum atomic E-state index is 12.2. The maximum Gasteiger partial charge on any atom is 0.246 e. The number of nitrogens with two attached hydrogens (primary N) is 1. The predicted molar refractivity (Wildman–Crippen MR) is 444 cm³/mol. The first-order valence-corrected chi connectivity index (χ1v) is 41.8. The number of nitrogens with one attached hydrogen (secondary N) is 8.